The van der Waals surface area contributed by atoms with Crippen LogP contribution in [0, 0.1) is 29.1 Å². The van der Waals surface area contributed by atoms with Crippen LogP contribution in [0.2, 0.25) is 0 Å². The van der Waals surface area contributed by atoms with Gasteiger partial charge in [-0.15, -0.1) is 0 Å². The molecule has 2 amide bonds. The third-order valence-electron chi connectivity index (χ3n) is 6.68. The van der Waals surface area contributed by atoms with Crippen molar-refractivity contribution in [1.29, 1.82) is 0 Å². The lowest BCUT2D eigenvalue weighted by Crippen LogP contribution is -2.37. The van der Waals surface area contributed by atoms with E-state index in [9.17, 15) is 14.2 Å². The van der Waals surface area contributed by atoms with Crippen molar-refractivity contribution in [1.82, 2.24) is 4.90 Å². The lowest BCUT2D eigenvalue weighted by Gasteiger charge is -2.37. The van der Waals surface area contributed by atoms with E-state index in [1.165, 1.54) is 4.90 Å². The Morgan fingerprint density at radius 1 is 1.12 bits per heavy atom. The number of allylic oxidation sites excluding steroid dienone is 2. The molecule has 0 unspecified atom stereocenters. The number of imide groups is 1. The van der Waals surface area contributed by atoms with E-state index < -0.39 is 7.82 Å². The maximum atomic E-state index is 12.6. The second kappa shape index (κ2) is 6.55. The summed E-state index contributed by atoms with van der Waals surface area (Å²) in [5.74, 6) is -0.310. The quantitative estimate of drug-likeness (QED) is 0.399. The molecule has 2 aliphatic carbocycles. The summed E-state index contributed by atoms with van der Waals surface area (Å²) < 4.78 is 28.7. The van der Waals surface area contributed by atoms with Crippen LogP contribution in [0.25, 0.3) is 0 Å². The average Bonchev–Trinajstić information content (AvgIpc) is 3.32. The number of carbonyl (C=O) groups excluding carboxylic acids is 2. The summed E-state index contributed by atoms with van der Waals surface area (Å²) in [7, 11) is -3.61. The number of phosphoric ester groups is 1. The van der Waals surface area contributed by atoms with Crippen LogP contribution in [0.15, 0.2) is 12.2 Å². The number of fused-ring (bicyclic) bond motifs is 5. The Kier molecular flexibility index (Phi) is 4.63. The van der Waals surface area contributed by atoms with Crippen LogP contribution < -0.4 is 0 Å². The third kappa shape index (κ3) is 2.80. The number of phosphoric acid groups is 1. The first-order chi connectivity index (χ1) is 12.4. The van der Waals surface area contributed by atoms with Crippen molar-refractivity contribution in [2.45, 2.75) is 33.1 Å². The summed E-state index contributed by atoms with van der Waals surface area (Å²) >= 11 is 0. The van der Waals surface area contributed by atoms with E-state index in [1.807, 2.05) is 0 Å². The number of nitrogens with zero attached hydrogens (tertiary/aromatic N) is 1. The van der Waals surface area contributed by atoms with Crippen LogP contribution in [-0.2, 0) is 27.7 Å². The second-order valence-electron chi connectivity index (χ2n) is 7.86. The molecule has 0 aromatic heterocycles. The van der Waals surface area contributed by atoms with Gasteiger partial charge in [-0.3, -0.25) is 28.1 Å². The van der Waals surface area contributed by atoms with Crippen molar-refractivity contribution in [3.05, 3.63) is 12.2 Å². The Bertz CT molecular complexity index is 643. The first-order valence-electron chi connectivity index (χ1n) is 9.49. The van der Waals surface area contributed by atoms with Gasteiger partial charge in [0.15, 0.2) is 0 Å². The Balaban J connectivity index is 1.31. The highest BCUT2D eigenvalue weighted by Gasteiger charge is 2.59. The highest BCUT2D eigenvalue weighted by atomic mass is 31.2. The molecule has 2 aliphatic heterocycles. The van der Waals surface area contributed by atoms with E-state index in [4.69, 9.17) is 13.6 Å². The van der Waals surface area contributed by atoms with Gasteiger partial charge in [0.25, 0.3) is 0 Å². The number of hydrogen-bond acceptors (Lipinski definition) is 6. The fraction of sp³-hybridized carbons (Fsp3) is 0.778. The number of hydrogen-bond donors (Lipinski definition) is 0. The molecule has 26 heavy (non-hydrogen) atoms. The van der Waals surface area contributed by atoms with E-state index in [1.54, 1.807) is 0 Å². The SMILES string of the molecule is CCC1(CC)COP(=O)(OCCN2C(=O)[C@@H]3[C@@H](C2=O)[C@H]2C=C[C@H]3C2)OC1. The van der Waals surface area contributed by atoms with Gasteiger partial charge in [-0.1, -0.05) is 26.0 Å². The largest absolute Gasteiger partial charge is 0.474 e. The Hall–Kier alpha value is -1.01. The summed E-state index contributed by atoms with van der Waals surface area (Å²) in [5.41, 5.74) is -0.123. The minimum atomic E-state index is -3.61. The first-order valence-corrected chi connectivity index (χ1v) is 11.0. The fourth-order valence-electron chi connectivity index (χ4n) is 4.67. The Labute approximate surface area is 153 Å². The molecule has 144 valence electrons. The molecule has 0 spiro atoms. The molecule has 4 aliphatic rings. The molecule has 8 heteroatoms. The van der Waals surface area contributed by atoms with Gasteiger partial charge in [-0.25, -0.2) is 4.57 Å². The lowest BCUT2D eigenvalue weighted by atomic mass is 9.84. The molecule has 1 saturated carbocycles. The van der Waals surface area contributed by atoms with Gasteiger partial charge < -0.3 is 0 Å². The van der Waals surface area contributed by atoms with Crippen LogP contribution >= 0.6 is 7.82 Å². The van der Waals surface area contributed by atoms with Gasteiger partial charge in [0, 0.05) is 5.41 Å². The molecule has 0 aromatic rings. The fourth-order valence-corrected chi connectivity index (χ4v) is 6.06. The molecule has 0 N–H and O–H groups in total. The number of carbonyl (C=O) groups is 2. The monoisotopic (exact) mass is 383 g/mol. The normalized spacial score (nSPS) is 36.8. The van der Waals surface area contributed by atoms with Gasteiger partial charge in [-0.05, 0) is 31.1 Å². The standard InChI is InChI=1S/C18H26NO6P/c1-3-18(4-2)10-24-26(22,25-11-18)23-8-7-19-16(20)14-12-5-6-13(9-12)15(14)17(19)21/h5-6,12-15H,3-4,7-11H2,1-2H3/t12-,13-,14-,15-/m0/s1. The van der Waals surface area contributed by atoms with E-state index in [0.717, 1.165) is 19.3 Å². The molecule has 2 heterocycles. The molecule has 2 bridgehead atoms. The van der Waals surface area contributed by atoms with Crippen molar-refractivity contribution in [2.24, 2.45) is 29.1 Å². The summed E-state index contributed by atoms with van der Waals surface area (Å²) in [6.07, 6.45) is 6.78. The van der Waals surface area contributed by atoms with Gasteiger partial charge in [0.2, 0.25) is 11.8 Å². The molecular formula is C18H26NO6P. The summed E-state index contributed by atoms with van der Waals surface area (Å²) in [4.78, 5) is 26.5. The predicted octanol–water partition coefficient (Wildman–Crippen LogP) is 2.77. The van der Waals surface area contributed by atoms with Gasteiger partial charge >= 0.3 is 7.82 Å². The van der Waals surface area contributed by atoms with Crippen LogP contribution in [0.3, 0.4) is 0 Å². The molecule has 3 fully saturated rings. The zero-order chi connectivity index (χ0) is 18.5. The zero-order valence-corrected chi connectivity index (χ0v) is 16.2. The van der Waals surface area contributed by atoms with E-state index in [-0.39, 0.29) is 54.1 Å². The average molecular weight is 383 g/mol. The Morgan fingerprint density at radius 2 is 1.65 bits per heavy atom. The predicted molar refractivity (Wildman–Crippen MR) is 92.9 cm³/mol. The molecule has 0 radical (unpaired) electrons. The maximum absolute atomic E-state index is 12.6. The third-order valence-corrected chi connectivity index (χ3v) is 8.07. The summed E-state index contributed by atoms with van der Waals surface area (Å²) in [5, 5.41) is 0. The zero-order valence-electron chi connectivity index (χ0n) is 15.3. The van der Waals surface area contributed by atoms with Crippen LogP contribution in [0.5, 0.6) is 0 Å². The lowest BCUT2D eigenvalue weighted by molar-refractivity contribution is -0.141. The molecular weight excluding hydrogens is 357 g/mol. The van der Waals surface area contributed by atoms with E-state index in [0.29, 0.717) is 13.2 Å². The second-order valence-corrected chi connectivity index (χ2v) is 9.53. The molecule has 7 nitrogen and oxygen atoms in total. The minimum Gasteiger partial charge on any atom is -0.286 e. The Morgan fingerprint density at radius 3 is 2.15 bits per heavy atom. The number of amides is 2. The topological polar surface area (TPSA) is 82.1 Å². The highest BCUT2D eigenvalue weighted by Crippen LogP contribution is 2.56. The highest BCUT2D eigenvalue weighted by molar-refractivity contribution is 7.48. The van der Waals surface area contributed by atoms with Crippen molar-refractivity contribution >= 4 is 19.6 Å². The number of rotatable bonds is 6. The molecule has 4 atom stereocenters. The number of likely N-dealkylation sites (tertiary alicyclic amines) is 1. The van der Waals surface area contributed by atoms with Gasteiger partial charge in [0.05, 0.1) is 38.2 Å². The molecule has 2 saturated heterocycles. The van der Waals surface area contributed by atoms with Crippen LogP contribution in [0.1, 0.15) is 33.1 Å². The molecule has 4 rings (SSSR count). The summed E-state index contributed by atoms with van der Waals surface area (Å²) in [6, 6.07) is 0. The van der Waals surface area contributed by atoms with E-state index >= 15 is 0 Å². The summed E-state index contributed by atoms with van der Waals surface area (Å²) in [6.45, 7) is 4.82. The smallest absolute Gasteiger partial charge is 0.286 e. The van der Waals surface area contributed by atoms with E-state index in [2.05, 4.69) is 26.0 Å². The van der Waals surface area contributed by atoms with Crippen LogP contribution in [0.4, 0.5) is 0 Å². The van der Waals surface area contributed by atoms with Gasteiger partial charge in [0.1, 0.15) is 0 Å². The van der Waals surface area contributed by atoms with Crippen molar-refractivity contribution in [3.8, 4) is 0 Å². The van der Waals surface area contributed by atoms with Crippen molar-refractivity contribution < 1.29 is 27.7 Å². The van der Waals surface area contributed by atoms with Crippen molar-refractivity contribution in [2.75, 3.05) is 26.4 Å². The maximum Gasteiger partial charge on any atom is 0.474 e. The van der Waals surface area contributed by atoms with Gasteiger partial charge in [-0.2, -0.15) is 0 Å². The molecule has 0 aromatic carbocycles. The van der Waals surface area contributed by atoms with Crippen LogP contribution in [-0.4, -0.2) is 43.1 Å². The minimum absolute atomic E-state index is 0.0395. The van der Waals surface area contributed by atoms with Crippen molar-refractivity contribution in [3.63, 3.8) is 0 Å². The first kappa shape index (κ1) is 18.4.